The zero-order valence-corrected chi connectivity index (χ0v) is 15.8. The highest BCUT2D eigenvalue weighted by Crippen LogP contribution is 2.36. The quantitative estimate of drug-likeness (QED) is 0.641. The Morgan fingerprint density at radius 2 is 1.92 bits per heavy atom. The van der Waals surface area contributed by atoms with Gasteiger partial charge >= 0.3 is 0 Å². The maximum atomic E-state index is 12.2. The molecule has 26 heavy (non-hydrogen) atoms. The number of hydrogen-bond acceptors (Lipinski definition) is 4. The summed E-state index contributed by atoms with van der Waals surface area (Å²) >= 11 is 1.41. The van der Waals surface area contributed by atoms with Crippen molar-refractivity contribution in [2.24, 2.45) is 5.10 Å². The lowest BCUT2D eigenvalue weighted by molar-refractivity contribution is -0.124. The smallest absolute Gasteiger partial charge is 0.241 e. The Balaban J connectivity index is 1.61. The molecule has 1 aliphatic heterocycles. The van der Waals surface area contributed by atoms with Crippen LogP contribution < -0.4 is 10.7 Å². The number of nitrogens with zero attached hydrogens (tertiary/aromatic N) is 1. The third-order valence-electron chi connectivity index (χ3n) is 4.20. The second kappa shape index (κ2) is 7.74. The number of para-hydroxylation sites is 1. The Kier molecular flexibility index (Phi) is 5.42. The predicted molar refractivity (Wildman–Crippen MR) is 106 cm³/mol. The topological polar surface area (TPSA) is 70.6 Å². The summed E-state index contributed by atoms with van der Waals surface area (Å²) in [5, 5.41) is 6.45. The van der Waals surface area contributed by atoms with E-state index in [1.54, 1.807) is 6.21 Å². The summed E-state index contributed by atoms with van der Waals surface area (Å²) in [7, 11) is 0. The van der Waals surface area contributed by atoms with Crippen molar-refractivity contribution in [3.8, 4) is 0 Å². The van der Waals surface area contributed by atoms with Crippen LogP contribution in [0.3, 0.4) is 0 Å². The van der Waals surface area contributed by atoms with Crippen LogP contribution in [0.25, 0.3) is 0 Å². The molecule has 1 aliphatic rings. The molecule has 1 atom stereocenters. The number of aryl methyl sites for hydroxylation is 3. The summed E-state index contributed by atoms with van der Waals surface area (Å²) in [6.45, 7) is 6.08. The zero-order chi connectivity index (χ0) is 18.7. The Morgan fingerprint density at radius 3 is 2.65 bits per heavy atom. The van der Waals surface area contributed by atoms with Gasteiger partial charge in [0.25, 0.3) is 0 Å². The standard InChI is InChI=1S/C20H21N3O2S/c1-12-8-13(2)15(14(3)9-12)11-21-23-19(24)10-18-20(25)22-16-6-4-5-7-17(16)26-18/h4-9,11,18H,10H2,1-3H3,(H,22,25)(H,23,24)/b21-11-/t18-/m0/s1. The van der Waals surface area contributed by atoms with E-state index in [1.165, 1.54) is 17.3 Å². The molecule has 0 radical (unpaired) electrons. The maximum Gasteiger partial charge on any atom is 0.241 e. The molecule has 134 valence electrons. The number of hydrazone groups is 1. The molecule has 2 aromatic carbocycles. The molecule has 2 aromatic rings. The normalized spacial score (nSPS) is 16.3. The lowest BCUT2D eigenvalue weighted by Crippen LogP contribution is -2.33. The van der Waals surface area contributed by atoms with Gasteiger partial charge in [-0.1, -0.05) is 29.8 Å². The van der Waals surface area contributed by atoms with Crippen molar-refractivity contribution in [1.82, 2.24) is 5.43 Å². The van der Waals surface area contributed by atoms with Gasteiger partial charge in [-0.25, -0.2) is 5.43 Å². The number of anilines is 1. The molecular weight excluding hydrogens is 346 g/mol. The molecule has 0 aliphatic carbocycles. The number of nitrogens with one attached hydrogen (secondary N) is 2. The summed E-state index contributed by atoms with van der Waals surface area (Å²) in [4.78, 5) is 25.3. The molecule has 2 amide bonds. The van der Waals surface area contributed by atoms with E-state index in [0.29, 0.717) is 0 Å². The fraction of sp³-hybridized carbons (Fsp3) is 0.250. The van der Waals surface area contributed by atoms with Crippen LogP contribution in [0.5, 0.6) is 0 Å². The molecule has 0 fully saturated rings. The van der Waals surface area contributed by atoms with Crippen molar-refractivity contribution in [3.63, 3.8) is 0 Å². The molecule has 5 nitrogen and oxygen atoms in total. The molecule has 0 spiro atoms. The van der Waals surface area contributed by atoms with E-state index in [4.69, 9.17) is 0 Å². The minimum atomic E-state index is -0.456. The number of rotatable bonds is 4. The molecule has 6 heteroatoms. The molecule has 0 bridgehead atoms. The van der Waals surface area contributed by atoms with Gasteiger partial charge < -0.3 is 5.32 Å². The molecule has 0 aromatic heterocycles. The fourth-order valence-corrected chi connectivity index (χ4v) is 4.12. The Bertz CT molecular complexity index is 869. The van der Waals surface area contributed by atoms with E-state index < -0.39 is 5.25 Å². The highest BCUT2D eigenvalue weighted by atomic mass is 32.2. The van der Waals surface area contributed by atoms with Crippen LogP contribution in [0, 0.1) is 20.8 Å². The van der Waals surface area contributed by atoms with E-state index in [9.17, 15) is 9.59 Å². The molecule has 0 saturated carbocycles. The van der Waals surface area contributed by atoms with Gasteiger partial charge in [0.05, 0.1) is 17.2 Å². The van der Waals surface area contributed by atoms with Crippen LogP contribution >= 0.6 is 11.8 Å². The SMILES string of the molecule is Cc1cc(C)c(/C=N\NC(=O)C[C@@H]2Sc3ccccc3NC2=O)c(C)c1. The van der Waals surface area contributed by atoms with Crippen LogP contribution in [0.2, 0.25) is 0 Å². The van der Waals surface area contributed by atoms with Crippen molar-refractivity contribution in [2.75, 3.05) is 5.32 Å². The zero-order valence-electron chi connectivity index (χ0n) is 15.0. The minimum absolute atomic E-state index is 0.0774. The summed E-state index contributed by atoms with van der Waals surface area (Å²) in [6, 6.07) is 11.7. The van der Waals surface area contributed by atoms with E-state index >= 15 is 0 Å². The Morgan fingerprint density at radius 1 is 1.23 bits per heavy atom. The molecule has 3 rings (SSSR count). The van der Waals surface area contributed by atoms with Gasteiger partial charge in [0, 0.05) is 16.9 Å². The highest BCUT2D eigenvalue weighted by Gasteiger charge is 2.28. The number of carbonyl (C=O) groups is 2. The fourth-order valence-electron chi connectivity index (χ4n) is 3.00. The van der Waals surface area contributed by atoms with Crippen molar-refractivity contribution < 1.29 is 9.59 Å². The van der Waals surface area contributed by atoms with Gasteiger partial charge in [-0.3, -0.25) is 9.59 Å². The first kappa shape index (κ1) is 18.2. The molecule has 0 unspecified atom stereocenters. The van der Waals surface area contributed by atoms with E-state index in [-0.39, 0.29) is 18.2 Å². The number of thioether (sulfide) groups is 1. The van der Waals surface area contributed by atoms with Crippen LogP contribution in [0.15, 0.2) is 46.4 Å². The second-order valence-corrected chi connectivity index (χ2v) is 7.65. The molecular formula is C20H21N3O2S. The van der Waals surface area contributed by atoms with Gasteiger partial charge in [0.2, 0.25) is 11.8 Å². The average Bonchev–Trinajstić information content (AvgIpc) is 2.58. The Labute approximate surface area is 157 Å². The van der Waals surface area contributed by atoms with Gasteiger partial charge in [-0.05, 0) is 44.0 Å². The number of fused-ring (bicyclic) bond motifs is 1. The highest BCUT2D eigenvalue weighted by molar-refractivity contribution is 8.01. The van der Waals surface area contributed by atoms with Crippen molar-refractivity contribution >= 4 is 35.5 Å². The second-order valence-electron chi connectivity index (χ2n) is 6.40. The first-order chi connectivity index (χ1) is 12.4. The molecule has 0 saturated heterocycles. The minimum Gasteiger partial charge on any atom is -0.324 e. The average molecular weight is 367 g/mol. The third kappa shape index (κ3) is 4.14. The number of hydrogen-bond donors (Lipinski definition) is 2. The summed E-state index contributed by atoms with van der Waals surface area (Å²) in [5.41, 5.74) is 7.74. The summed E-state index contributed by atoms with van der Waals surface area (Å²) in [6.07, 6.45) is 1.74. The lowest BCUT2D eigenvalue weighted by Gasteiger charge is -2.23. The van der Waals surface area contributed by atoms with Crippen LogP contribution in [-0.2, 0) is 9.59 Å². The van der Waals surface area contributed by atoms with E-state index in [2.05, 4.69) is 28.0 Å². The monoisotopic (exact) mass is 367 g/mol. The van der Waals surface area contributed by atoms with Crippen LogP contribution in [0.1, 0.15) is 28.7 Å². The first-order valence-corrected chi connectivity index (χ1v) is 9.28. The largest absolute Gasteiger partial charge is 0.324 e. The number of carbonyl (C=O) groups excluding carboxylic acids is 2. The predicted octanol–water partition coefficient (Wildman–Crippen LogP) is 3.57. The molecule has 1 heterocycles. The lowest BCUT2D eigenvalue weighted by atomic mass is 10.0. The van der Waals surface area contributed by atoms with E-state index in [1.807, 2.05) is 45.0 Å². The summed E-state index contributed by atoms with van der Waals surface area (Å²) < 4.78 is 0. The third-order valence-corrected chi connectivity index (χ3v) is 5.47. The van der Waals surface area contributed by atoms with Crippen molar-refractivity contribution in [3.05, 3.63) is 58.7 Å². The van der Waals surface area contributed by atoms with Crippen molar-refractivity contribution in [2.45, 2.75) is 37.3 Å². The van der Waals surface area contributed by atoms with E-state index in [0.717, 1.165) is 27.3 Å². The molecule has 2 N–H and O–H groups in total. The van der Waals surface area contributed by atoms with Gasteiger partial charge in [-0.15, -0.1) is 11.8 Å². The maximum absolute atomic E-state index is 12.2. The van der Waals surface area contributed by atoms with Crippen LogP contribution in [-0.4, -0.2) is 23.3 Å². The summed E-state index contributed by atoms with van der Waals surface area (Å²) in [5.74, 6) is -0.436. The van der Waals surface area contributed by atoms with Gasteiger partial charge in [-0.2, -0.15) is 5.10 Å². The Hall–Kier alpha value is -2.60. The first-order valence-electron chi connectivity index (χ1n) is 8.40. The number of benzene rings is 2. The van der Waals surface area contributed by atoms with Gasteiger partial charge in [0.15, 0.2) is 0 Å². The van der Waals surface area contributed by atoms with Crippen LogP contribution in [0.4, 0.5) is 5.69 Å². The van der Waals surface area contributed by atoms with Gasteiger partial charge in [0.1, 0.15) is 0 Å². The van der Waals surface area contributed by atoms with Crippen molar-refractivity contribution in [1.29, 1.82) is 0 Å². The number of amides is 2.